The lowest BCUT2D eigenvalue weighted by molar-refractivity contribution is 0.551. The van der Waals surface area contributed by atoms with Gasteiger partial charge in [0.05, 0.1) is 17.9 Å². The van der Waals surface area contributed by atoms with E-state index in [4.69, 9.17) is 5.84 Å². The minimum atomic E-state index is 0.00617. The van der Waals surface area contributed by atoms with Crippen molar-refractivity contribution in [3.8, 4) is 5.69 Å². The van der Waals surface area contributed by atoms with E-state index in [2.05, 4.69) is 15.5 Å². The molecule has 2 aromatic heterocycles. The molecule has 0 fully saturated rings. The lowest BCUT2D eigenvalue weighted by Gasteiger charge is -2.13. The molecule has 0 spiro atoms. The zero-order chi connectivity index (χ0) is 14.5. The first kappa shape index (κ1) is 13.5. The van der Waals surface area contributed by atoms with E-state index in [1.807, 2.05) is 65.7 Å². The number of hydrazine groups is 1. The highest BCUT2D eigenvalue weighted by Crippen LogP contribution is 2.18. The van der Waals surface area contributed by atoms with Crippen LogP contribution in [-0.2, 0) is 6.42 Å². The lowest BCUT2D eigenvalue weighted by Crippen LogP contribution is -2.29. The first-order chi connectivity index (χ1) is 10.4. The molecule has 3 rings (SSSR count). The van der Waals surface area contributed by atoms with Crippen molar-refractivity contribution in [2.75, 3.05) is 0 Å². The van der Waals surface area contributed by atoms with Gasteiger partial charge in [0.2, 0.25) is 0 Å². The summed E-state index contributed by atoms with van der Waals surface area (Å²) in [7, 11) is 0. The van der Waals surface area contributed by atoms with Crippen molar-refractivity contribution < 1.29 is 0 Å². The number of hydrogen-bond acceptors (Lipinski definition) is 4. The molecule has 106 valence electrons. The molecule has 0 saturated heterocycles. The summed E-state index contributed by atoms with van der Waals surface area (Å²) < 4.78 is 1.85. The van der Waals surface area contributed by atoms with Crippen molar-refractivity contribution in [3.63, 3.8) is 0 Å². The molecule has 0 saturated carbocycles. The predicted octanol–water partition coefficient (Wildman–Crippen LogP) is 2.01. The molecule has 0 aliphatic carbocycles. The first-order valence-corrected chi connectivity index (χ1v) is 6.82. The summed E-state index contributed by atoms with van der Waals surface area (Å²) in [6.07, 6.45) is 8.22. The number of nitrogens with two attached hydrogens (primary N) is 1. The van der Waals surface area contributed by atoms with Crippen molar-refractivity contribution in [3.05, 3.63) is 78.4 Å². The number of para-hydroxylation sites is 1. The van der Waals surface area contributed by atoms with Gasteiger partial charge in [-0.05, 0) is 30.2 Å². The highest BCUT2D eigenvalue weighted by molar-refractivity contribution is 5.31. The number of benzene rings is 1. The maximum atomic E-state index is 5.69. The number of pyridine rings is 1. The van der Waals surface area contributed by atoms with Gasteiger partial charge in [-0.1, -0.05) is 24.3 Å². The van der Waals surface area contributed by atoms with Crippen LogP contribution in [0.3, 0.4) is 0 Å². The van der Waals surface area contributed by atoms with E-state index < -0.39 is 0 Å². The molecular formula is C16H17N5. The van der Waals surface area contributed by atoms with Crippen LogP contribution in [0.15, 0.2) is 67.3 Å². The van der Waals surface area contributed by atoms with Gasteiger partial charge in [0, 0.05) is 24.2 Å². The SMILES string of the molecule is NNC(Cc1cccnc1)c1cnn(-c2ccccc2)c1. The van der Waals surface area contributed by atoms with Crippen LogP contribution in [0, 0.1) is 0 Å². The largest absolute Gasteiger partial charge is 0.271 e. The Bertz CT molecular complexity index is 678. The highest BCUT2D eigenvalue weighted by Gasteiger charge is 2.13. The summed E-state index contributed by atoms with van der Waals surface area (Å²) in [6, 6.07) is 14.0. The van der Waals surface area contributed by atoms with Crippen LogP contribution in [0.4, 0.5) is 0 Å². The zero-order valence-electron chi connectivity index (χ0n) is 11.6. The van der Waals surface area contributed by atoms with Gasteiger partial charge in [-0.2, -0.15) is 5.10 Å². The maximum absolute atomic E-state index is 5.69. The fraction of sp³-hybridized carbons (Fsp3) is 0.125. The molecule has 5 heteroatoms. The van der Waals surface area contributed by atoms with Crippen molar-refractivity contribution in [1.82, 2.24) is 20.2 Å². The van der Waals surface area contributed by atoms with Crippen LogP contribution in [0.2, 0.25) is 0 Å². The quantitative estimate of drug-likeness (QED) is 0.554. The van der Waals surface area contributed by atoms with E-state index in [-0.39, 0.29) is 6.04 Å². The molecule has 3 aromatic rings. The maximum Gasteiger partial charge on any atom is 0.0645 e. The third kappa shape index (κ3) is 3.16. The second kappa shape index (κ2) is 6.30. The summed E-state index contributed by atoms with van der Waals surface area (Å²) in [5.41, 5.74) is 6.06. The average molecular weight is 279 g/mol. The summed E-state index contributed by atoms with van der Waals surface area (Å²) >= 11 is 0. The number of nitrogens with zero attached hydrogens (tertiary/aromatic N) is 3. The molecule has 1 unspecified atom stereocenters. The Morgan fingerprint density at radius 2 is 1.95 bits per heavy atom. The summed E-state index contributed by atoms with van der Waals surface area (Å²) in [5.74, 6) is 5.69. The number of aromatic nitrogens is 3. The van der Waals surface area contributed by atoms with Crippen molar-refractivity contribution >= 4 is 0 Å². The molecule has 0 amide bonds. The molecule has 0 aliphatic rings. The Kier molecular flexibility index (Phi) is 4.04. The second-order valence-corrected chi connectivity index (χ2v) is 4.84. The van der Waals surface area contributed by atoms with E-state index in [1.165, 1.54) is 0 Å². The molecule has 0 aliphatic heterocycles. The smallest absolute Gasteiger partial charge is 0.0645 e. The predicted molar refractivity (Wildman–Crippen MR) is 81.6 cm³/mol. The van der Waals surface area contributed by atoms with Gasteiger partial charge in [-0.15, -0.1) is 0 Å². The van der Waals surface area contributed by atoms with Crippen LogP contribution < -0.4 is 11.3 Å². The Morgan fingerprint density at radius 1 is 1.10 bits per heavy atom. The molecule has 21 heavy (non-hydrogen) atoms. The monoisotopic (exact) mass is 279 g/mol. The highest BCUT2D eigenvalue weighted by atomic mass is 15.3. The van der Waals surface area contributed by atoms with E-state index >= 15 is 0 Å². The van der Waals surface area contributed by atoms with Crippen molar-refractivity contribution in [2.45, 2.75) is 12.5 Å². The average Bonchev–Trinajstić information content (AvgIpc) is 3.04. The fourth-order valence-electron chi connectivity index (χ4n) is 2.27. The molecule has 0 radical (unpaired) electrons. The van der Waals surface area contributed by atoms with Gasteiger partial charge in [0.25, 0.3) is 0 Å². The van der Waals surface area contributed by atoms with Crippen molar-refractivity contribution in [2.24, 2.45) is 5.84 Å². The van der Waals surface area contributed by atoms with Gasteiger partial charge in [0.15, 0.2) is 0 Å². The second-order valence-electron chi connectivity index (χ2n) is 4.84. The van der Waals surface area contributed by atoms with Crippen LogP contribution in [-0.4, -0.2) is 14.8 Å². The summed E-state index contributed by atoms with van der Waals surface area (Å²) in [5, 5.41) is 4.40. The molecular weight excluding hydrogens is 262 g/mol. The standard InChI is InChI=1S/C16H17N5/c17-20-16(9-13-5-4-8-18-10-13)14-11-19-21(12-14)15-6-2-1-3-7-15/h1-8,10-12,16,20H,9,17H2. The summed E-state index contributed by atoms with van der Waals surface area (Å²) in [4.78, 5) is 4.13. The topological polar surface area (TPSA) is 68.8 Å². The molecule has 1 aromatic carbocycles. The van der Waals surface area contributed by atoms with Gasteiger partial charge in [-0.25, -0.2) is 4.68 Å². The Balaban J connectivity index is 1.81. The van der Waals surface area contributed by atoms with Gasteiger partial charge >= 0.3 is 0 Å². The first-order valence-electron chi connectivity index (χ1n) is 6.82. The zero-order valence-corrected chi connectivity index (χ0v) is 11.6. The molecule has 3 N–H and O–H groups in total. The third-order valence-electron chi connectivity index (χ3n) is 3.39. The Morgan fingerprint density at radius 3 is 2.67 bits per heavy atom. The fourth-order valence-corrected chi connectivity index (χ4v) is 2.27. The number of rotatable bonds is 5. The Hall–Kier alpha value is -2.50. The van der Waals surface area contributed by atoms with E-state index in [0.717, 1.165) is 23.2 Å². The van der Waals surface area contributed by atoms with Gasteiger partial charge < -0.3 is 0 Å². The molecule has 1 atom stereocenters. The van der Waals surface area contributed by atoms with Crippen LogP contribution in [0.25, 0.3) is 5.69 Å². The third-order valence-corrected chi connectivity index (χ3v) is 3.39. The lowest BCUT2D eigenvalue weighted by atomic mass is 10.0. The molecule has 5 nitrogen and oxygen atoms in total. The van der Waals surface area contributed by atoms with Crippen molar-refractivity contribution in [1.29, 1.82) is 0 Å². The van der Waals surface area contributed by atoms with Gasteiger partial charge in [0.1, 0.15) is 0 Å². The van der Waals surface area contributed by atoms with E-state index in [1.54, 1.807) is 6.20 Å². The molecule has 2 heterocycles. The molecule has 0 bridgehead atoms. The Labute approximate surface area is 123 Å². The minimum absolute atomic E-state index is 0.00617. The van der Waals surface area contributed by atoms with Crippen LogP contribution >= 0.6 is 0 Å². The number of nitrogens with one attached hydrogen (secondary N) is 1. The van der Waals surface area contributed by atoms with Crippen LogP contribution in [0.5, 0.6) is 0 Å². The van der Waals surface area contributed by atoms with Gasteiger partial charge in [-0.3, -0.25) is 16.3 Å². The number of hydrogen-bond donors (Lipinski definition) is 2. The minimum Gasteiger partial charge on any atom is -0.271 e. The van der Waals surface area contributed by atoms with E-state index in [9.17, 15) is 0 Å². The summed E-state index contributed by atoms with van der Waals surface area (Å²) in [6.45, 7) is 0. The van der Waals surface area contributed by atoms with Crippen LogP contribution in [0.1, 0.15) is 17.2 Å². The normalized spacial score (nSPS) is 12.2. The van der Waals surface area contributed by atoms with E-state index in [0.29, 0.717) is 0 Å².